The molecule has 1 saturated carbocycles. The summed E-state index contributed by atoms with van der Waals surface area (Å²) in [6, 6.07) is 7.13. The van der Waals surface area contributed by atoms with Crippen molar-refractivity contribution in [1.29, 1.82) is 0 Å². The lowest BCUT2D eigenvalue weighted by molar-refractivity contribution is 0.626. The molecule has 1 aliphatic carbocycles. The number of benzene rings is 1. The van der Waals surface area contributed by atoms with E-state index in [2.05, 4.69) is 14.8 Å². The molecular formula is C12H12FN3. The highest BCUT2D eigenvalue weighted by molar-refractivity contribution is 5.20. The Bertz CT molecular complexity index is 485. The quantitative estimate of drug-likeness (QED) is 0.790. The summed E-state index contributed by atoms with van der Waals surface area (Å²) in [5, 5.41) is 8.05. The molecule has 0 spiro atoms. The fraction of sp³-hybridized carbons (Fsp3) is 0.333. The van der Waals surface area contributed by atoms with Crippen molar-refractivity contribution < 1.29 is 4.39 Å². The van der Waals surface area contributed by atoms with Gasteiger partial charge < -0.3 is 4.57 Å². The maximum absolute atomic E-state index is 12.7. The van der Waals surface area contributed by atoms with Crippen LogP contribution in [0.1, 0.15) is 30.3 Å². The molecular weight excluding hydrogens is 205 g/mol. The van der Waals surface area contributed by atoms with E-state index in [1.54, 1.807) is 18.5 Å². The molecule has 0 aliphatic heterocycles. The standard InChI is InChI=1S/C12H12FN3/c13-10-3-1-9(2-4-10)7-12-15-14-8-16(12)11-5-6-11/h1-4,8,11H,5-7H2. The summed E-state index contributed by atoms with van der Waals surface area (Å²) in [5.74, 6) is 0.765. The molecule has 0 amide bonds. The van der Waals surface area contributed by atoms with E-state index in [-0.39, 0.29) is 5.82 Å². The van der Waals surface area contributed by atoms with E-state index in [0.717, 1.165) is 17.8 Å². The fourth-order valence-electron chi connectivity index (χ4n) is 1.84. The van der Waals surface area contributed by atoms with E-state index in [0.29, 0.717) is 6.04 Å². The van der Waals surface area contributed by atoms with Gasteiger partial charge in [-0.05, 0) is 30.5 Å². The van der Waals surface area contributed by atoms with Gasteiger partial charge in [0.05, 0.1) is 0 Å². The number of hydrogen-bond acceptors (Lipinski definition) is 2. The molecule has 0 radical (unpaired) electrons. The Morgan fingerprint density at radius 1 is 1.25 bits per heavy atom. The van der Waals surface area contributed by atoms with Crippen molar-refractivity contribution in [3.8, 4) is 0 Å². The van der Waals surface area contributed by atoms with Crippen molar-refractivity contribution in [2.75, 3.05) is 0 Å². The first-order valence-electron chi connectivity index (χ1n) is 5.46. The number of hydrogen-bond donors (Lipinski definition) is 0. The van der Waals surface area contributed by atoms with Gasteiger partial charge in [0.2, 0.25) is 0 Å². The van der Waals surface area contributed by atoms with E-state index in [1.807, 2.05) is 0 Å². The number of nitrogens with zero attached hydrogens (tertiary/aromatic N) is 3. The summed E-state index contributed by atoms with van der Waals surface area (Å²) in [7, 11) is 0. The molecule has 1 aromatic heterocycles. The predicted molar refractivity (Wildman–Crippen MR) is 57.5 cm³/mol. The molecule has 0 N–H and O–H groups in total. The average Bonchev–Trinajstić information content (AvgIpc) is 3.03. The first kappa shape index (κ1) is 9.51. The van der Waals surface area contributed by atoms with Crippen LogP contribution in [0.5, 0.6) is 0 Å². The van der Waals surface area contributed by atoms with E-state index in [1.165, 1.54) is 25.0 Å². The Morgan fingerprint density at radius 2 is 2.00 bits per heavy atom. The van der Waals surface area contributed by atoms with Crippen molar-refractivity contribution in [2.24, 2.45) is 0 Å². The molecule has 0 atom stereocenters. The van der Waals surface area contributed by atoms with Crippen molar-refractivity contribution in [2.45, 2.75) is 25.3 Å². The molecule has 1 fully saturated rings. The third-order valence-corrected chi connectivity index (χ3v) is 2.86. The van der Waals surface area contributed by atoms with Crippen LogP contribution in [0.25, 0.3) is 0 Å². The Hall–Kier alpha value is -1.71. The summed E-state index contributed by atoms with van der Waals surface area (Å²) in [4.78, 5) is 0. The molecule has 1 aliphatic rings. The van der Waals surface area contributed by atoms with Crippen molar-refractivity contribution >= 4 is 0 Å². The summed E-state index contributed by atoms with van der Waals surface area (Å²) in [6.45, 7) is 0. The second-order valence-corrected chi connectivity index (χ2v) is 4.19. The lowest BCUT2D eigenvalue weighted by Crippen LogP contribution is -2.01. The van der Waals surface area contributed by atoms with Crippen LogP contribution >= 0.6 is 0 Å². The van der Waals surface area contributed by atoms with E-state index in [4.69, 9.17) is 0 Å². The van der Waals surface area contributed by atoms with E-state index in [9.17, 15) is 4.39 Å². The SMILES string of the molecule is Fc1ccc(Cc2nncn2C2CC2)cc1. The van der Waals surface area contributed by atoms with Gasteiger partial charge in [0.1, 0.15) is 18.0 Å². The minimum absolute atomic E-state index is 0.201. The minimum Gasteiger partial charge on any atom is -0.314 e. The number of halogens is 1. The van der Waals surface area contributed by atoms with Crippen LogP contribution in [0.3, 0.4) is 0 Å². The zero-order chi connectivity index (χ0) is 11.0. The zero-order valence-electron chi connectivity index (χ0n) is 8.81. The first-order chi connectivity index (χ1) is 7.83. The lowest BCUT2D eigenvalue weighted by Gasteiger charge is -2.04. The van der Waals surface area contributed by atoms with Gasteiger partial charge in [0.15, 0.2) is 0 Å². The van der Waals surface area contributed by atoms with E-state index >= 15 is 0 Å². The zero-order valence-corrected chi connectivity index (χ0v) is 8.81. The summed E-state index contributed by atoms with van der Waals surface area (Å²) < 4.78 is 14.9. The average molecular weight is 217 g/mol. The van der Waals surface area contributed by atoms with Crippen LogP contribution in [-0.2, 0) is 6.42 Å². The van der Waals surface area contributed by atoms with Gasteiger partial charge in [-0.3, -0.25) is 0 Å². The van der Waals surface area contributed by atoms with Gasteiger partial charge >= 0.3 is 0 Å². The monoisotopic (exact) mass is 217 g/mol. The molecule has 0 unspecified atom stereocenters. The largest absolute Gasteiger partial charge is 0.314 e. The molecule has 1 heterocycles. The van der Waals surface area contributed by atoms with Crippen LogP contribution in [0.15, 0.2) is 30.6 Å². The highest BCUT2D eigenvalue weighted by Gasteiger charge is 2.25. The maximum Gasteiger partial charge on any atom is 0.137 e. The van der Waals surface area contributed by atoms with Crippen LogP contribution in [0, 0.1) is 5.82 Å². The molecule has 4 heteroatoms. The van der Waals surface area contributed by atoms with Crippen LogP contribution in [-0.4, -0.2) is 14.8 Å². The van der Waals surface area contributed by atoms with Gasteiger partial charge in [-0.25, -0.2) is 4.39 Å². The van der Waals surface area contributed by atoms with Gasteiger partial charge in [0, 0.05) is 12.5 Å². The number of rotatable bonds is 3. The first-order valence-corrected chi connectivity index (χ1v) is 5.46. The van der Waals surface area contributed by atoms with Crippen LogP contribution in [0.4, 0.5) is 4.39 Å². The van der Waals surface area contributed by atoms with Crippen LogP contribution in [0.2, 0.25) is 0 Å². The number of aromatic nitrogens is 3. The second kappa shape index (κ2) is 3.70. The Morgan fingerprint density at radius 3 is 2.69 bits per heavy atom. The summed E-state index contributed by atoms with van der Waals surface area (Å²) in [6.07, 6.45) is 4.94. The molecule has 3 nitrogen and oxygen atoms in total. The van der Waals surface area contributed by atoms with Gasteiger partial charge in [0.25, 0.3) is 0 Å². The van der Waals surface area contributed by atoms with Crippen molar-refractivity contribution in [3.05, 3.63) is 47.8 Å². The van der Waals surface area contributed by atoms with Crippen molar-refractivity contribution in [3.63, 3.8) is 0 Å². The van der Waals surface area contributed by atoms with Gasteiger partial charge in [-0.1, -0.05) is 12.1 Å². The molecule has 3 rings (SSSR count). The Labute approximate surface area is 92.9 Å². The lowest BCUT2D eigenvalue weighted by atomic mass is 10.1. The van der Waals surface area contributed by atoms with Gasteiger partial charge in [-0.2, -0.15) is 0 Å². The molecule has 0 saturated heterocycles. The highest BCUT2D eigenvalue weighted by atomic mass is 19.1. The Kier molecular flexibility index (Phi) is 2.20. The Balaban J connectivity index is 1.82. The van der Waals surface area contributed by atoms with E-state index < -0.39 is 0 Å². The third-order valence-electron chi connectivity index (χ3n) is 2.86. The third kappa shape index (κ3) is 1.83. The van der Waals surface area contributed by atoms with Crippen LogP contribution < -0.4 is 0 Å². The normalized spacial score (nSPS) is 15.3. The molecule has 82 valence electrons. The molecule has 2 aromatic rings. The fourth-order valence-corrected chi connectivity index (χ4v) is 1.84. The molecule has 0 bridgehead atoms. The maximum atomic E-state index is 12.7. The highest BCUT2D eigenvalue weighted by Crippen LogP contribution is 2.35. The van der Waals surface area contributed by atoms with Crippen molar-refractivity contribution in [1.82, 2.24) is 14.8 Å². The smallest absolute Gasteiger partial charge is 0.137 e. The topological polar surface area (TPSA) is 30.7 Å². The summed E-state index contributed by atoms with van der Waals surface area (Å²) in [5.41, 5.74) is 1.07. The second-order valence-electron chi connectivity index (χ2n) is 4.19. The van der Waals surface area contributed by atoms with Gasteiger partial charge in [-0.15, -0.1) is 10.2 Å². The molecule has 1 aromatic carbocycles. The molecule has 16 heavy (non-hydrogen) atoms. The summed E-state index contributed by atoms with van der Waals surface area (Å²) >= 11 is 0. The predicted octanol–water partition coefficient (Wildman–Crippen LogP) is 2.34. The minimum atomic E-state index is -0.201.